The maximum absolute atomic E-state index is 11.6. The highest BCUT2D eigenvalue weighted by Crippen LogP contribution is 2.19. The Kier molecular flexibility index (Phi) is 3.27. The molecule has 1 aliphatic carbocycles. The Morgan fingerprint density at radius 3 is 2.94 bits per heavy atom. The topological polar surface area (TPSA) is 46.9 Å². The van der Waals surface area contributed by atoms with Crippen molar-refractivity contribution in [1.29, 1.82) is 0 Å². The van der Waals surface area contributed by atoms with Gasteiger partial charge >= 0.3 is 0 Å². The van der Waals surface area contributed by atoms with E-state index in [0.29, 0.717) is 6.54 Å². The zero-order valence-corrected chi connectivity index (χ0v) is 9.99. The summed E-state index contributed by atoms with van der Waals surface area (Å²) in [5, 5.41) is 7.33. The molecule has 0 unspecified atom stereocenters. The lowest BCUT2D eigenvalue weighted by molar-refractivity contribution is -0.122. The van der Waals surface area contributed by atoms with Crippen molar-refractivity contribution in [3.05, 3.63) is 17.5 Å². The van der Waals surface area contributed by atoms with Crippen LogP contribution in [-0.4, -0.2) is 21.7 Å². The van der Waals surface area contributed by atoms with Gasteiger partial charge in [-0.1, -0.05) is 0 Å². The predicted octanol–water partition coefficient (Wildman–Crippen LogP) is 1.29. The van der Waals surface area contributed by atoms with Crippen LogP contribution in [0.4, 0.5) is 0 Å². The van der Waals surface area contributed by atoms with Gasteiger partial charge in [0, 0.05) is 12.2 Å². The normalized spacial score (nSPS) is 14.9. The number of aromatic nitrogens is 2. The van der Waals surface area contributed by atoms with Gasteiger partial charge in [0.1, 0.15) is 6.54 Å². The number of fused-ring (bicyclic) bond motifs is 1. The Morgan fingerprint density at radius 2 is 2.25 bits per heavy atom. The molecule has 1 aromatic heterocycles. The molecule has 0 bridgehead atoms. The van der Waals surface area contributed by atoms with E-state index in [1.165, 1.54) is 24.1 Å². The average molecular weight is 221 g/mol. The number of hydrogen-bond donors (Lipinski definition) is 1. The fourth-order valence-corrected chi connectivity index (χ4v) is 2.13. The number of hydrogen-bond acceptors (Lipinski definition) is 2. The smallest absolute Gasteiger partial charge is 0.241 e. The molecule has 0 aromatic carbocycles. The van der Waals surface area contributed by atoms with Gasteiger partial charge in [-0.15, -0.1) is 0 Å². The van der Waals surface area contributed by atoms with E-state index < -0.39 is 0 Å². The highest BCUT2D eigenvalue weighted by molar-refractivity contribution is 5.75. The molecule has 0 spiro atoms. The van der Waals surface area contributed by atoms with Crippen LogP contribution in [0, 0.1) is 0 Å². The third kappa shape index (κ3) is 2.62. The molecule has 1 heterocycles. The summed E-state index contributed by atoms with van der Waals surface area (Å²) < 4.78 is 1.77. The molecule has 2 rings (SSSR count). The van der Waals surface area contributed by atoms with Crippen LogP contribution in [0.25, 0.3) is 0 Å². The molecule has 4 heteroatoms. The Balaban J connectivity index is 1.99. The number of carbonyl (C=O) groups is 1. The van der Waals surface area contributed by atoms with Crippen LogP contribution in [-0.2, 0) is 24.2 Å². The quantitative estimate of drug-likeness (QED) is 0.836. The molecule has 0 atom stereocenters. The summed E-state index contributed by atoms with van der Waals surface area (Å²) in [7, 11) is 0. The van der Waals surface area contributed by atoms with Gasteiger partial charge in [-0.2, -0.15) is 5.10 Å². The van der Waals surface area contributed by atoms with Gasteiger partial charge in [-0.3, -0.25) is 9.48 Å². The second-order valence-electron chi connectivity index (χ2n) is 4.73. The van der Waals surface area contributed by atoms with Crippen molar-refractivity contribution in [3.63, 3.8) is 0 Å². The number of aryl methyl sites for hydroxylation is 2. The van der Waals surface area contributed by atoms with E-state index in [-0.39, 0.29) is 11.9 Å². The van der Waals surface area contributed by atoms with Crippen LogP contribution in [0.5, 0.6) is 0 Å². The molecular weight excluding hydrogens is 202 g/mol. The molecular formula is C12H19N3O. The molecule has 1 N–H and O–H groups in total. The SMILES string of the molecule is CC(C)NC(=O)Cn1cc2c(n1)CCCC2. The second kappa shape index (κ2) is 4.68. The summed E-state index contributed by atoms with van der Waals surface area (Å²) in [6.07, 6.45) is 6.67. The molecule has 0 saturated carbocycles. The fourth-order valence-electron chi connectivity index (χ4n) is 2.13. The third-order valence-corrected chi connectivity index (χ3v) is 2.79. The minimum absolute atomic E-state index is 0.0369. The van der Waals surface area contributed by atoms with Gasteiger partial charge in [0.15, 0.2) is 0 Å². The molecule has 0 fully saturated rings. The van der Waals surface area contributed by atoms with Gasteiger partial charge in [0.25, 0.3) is 0 Å². The highest BCUT2D eigenvalue weighted by Gasteiger charge is 2.14. The number of nitrogens with zero attached hydrogens (tertiary/aromatic N) is 2. The standard InChI is InChI=1S/C12H19N3O/c1-9(2)13-12(16)8-15-7-10-5-3-4-6-11(10)14-15/h7,9H,3-6,8H2,1-2H3,(H,13,16). The number of rotatable bonds is 3. The minimum atomic E-state index is 0.0369. The second-order valence-corrected chi connectivity index (χ2v) is 4.73. The number of amides is 1. The van der Waals surface area contributed by atoms with Crippen LogP contribution in [0.15, 0.2) is 6.20 Å². The van der Waals surface area contributed by atoms with E-state index in [2.05, 4.69) is 10.4 Å². The molecule has 0 saturated heterocycles. The Hall–Kier alpha value is -1.32. The van der Waals surface area contributed by atoms with Gasteiger partial charge in [-0.25, -0.2) is 0 Å². The van der Waals surface area contributed by atoms with Crippen molar-refractivity contribution in [3.8, 4) is 0 Å². The van der Waals surface area contributed by atoms with E-state index in [0.717, 1.165) is 12.8 Å². The highest BCUT2D eigenvalue weighted by atomic mass is 16.2. The molecule has 1 amide bonds. The van der Waals surface area contributed by atoms with Crippen LogP contribution < -0.4 is 5.32 Å². The lowest BCUT2D eigenvalue weighted by atomic mass is 9.99. The monoisotopic (exact) mass is 221 g/mol. The molecule has 1 aliphatic rings. The maximum atomic E-state index is 11.6. The van der Waals surface area contributed by atoms with Gasteiger partial charge in [-0.05, 0) is 45.1 Å². The van der Waals surface area contributed by atoms with Crippen molar-refractivity contribution in [2.75, 3.05) is 0 Å². The molecule has 88 valence electrons. The Morgan fingerprint density at radius 1 is 1.50 bits per heavy atom. The number of carbonyl (C=O) groups excluding carboxylic acids is 1. The van der Waals surface area contributed by atoms with Gasteiger partial charge in [0.2, 0.25) is 5.91 Å². The van der Waals surface area contributed by atoms with E-state index in [9.17, 15) is 4.79 Å². The lowest BCUT2D eigenvalue weighted by Crippen LogP contribution is -2.33. The van der Waals surface area contributed by atoms with E-state index in [1.54, 1.807) is 4.68 Å². The zero-order chi connectivity index (χ0) is 11.5. The van der Waals surface area contributed by atoms with Crippen LogP contribution in [0.2, 0.25) is 0 Å². The first-order chi connectivity index (χ1) is 7.65. The van der Waals surface area contributed by atoms with E-state index >= 15 is 0 Å². The minimum Gasteiger partial charge on any atom is -0.352 e. The summed E-state index contributed by atoms with van der Waals surface area (Å²) in [6, 6.07) is 0.192. The van der Waals surface area contributed by atoms with Gasteiger partial charge < -0.3 is 5.32 Å². The van der Waals surface area contributed by atoms with Crippen LogP contribution in [0.1, 0.15) is 37.9 Å². The fraction of sp³-hybridized carbons (Fsp3) is 0.667. The summed E-state index contributed by atoms with van der Waals surface area (Å²) in [4.78, 5) is 11.6. The van der Waals surface area contributed by atoms with Crippen molar-refractivity contribution >= 4 is 5.91 Å². The summed E-state index contributed by atoms with van der Waals surface area (Å²) in [5.41, 5.74) is 2.51. The maximum Gasteiger partial charge on any atom is 0.241 e. The predicted molar refractivity (Wildman–Crippen MR) is 62.1 cm³/mol. The van der Waals surface area contributed by atoms with Crippen molar-refractivity contribution < 1.29 is 4.79 Å². The molecule has 0 aliphatic heterocycles. The van der Waals surface area contributed by atoms with Crippen molar-refractivity contribution in [2.45, 2.75) is 52.1 Å². The van der Waals surface area contributed by atoms with E-state index in [1.807, 2.05) is 20.0 Å². The average Bonchev–Trinajstić information content (AvgIpc) is 2.57. The first kappa shape index (κ1) is 11.2. The van der Waals surface area contributed by atoms with Crippen molar-refractivity contribution in [2.24, 2.45) is 0 Å². The molecule has 1 aromatic rings. The third-order valence-electron chi connectivity index (χ3n) is 2.79. The zero-order valence-electron chi connectivity index (χ0n) is 9.99. The first-order valence-corrected chi connectivity index (χ1v) is 5.99. The van der Waals surface area contributed by atoms with Crippen LogP contribution in [0.3, 0.4) is 0 Å². The Bertz CT molecular complexity index is 358. The lowest BCUT2D eigenvalue weighted by Gasteiger charge is -2.07. The van der Waals surface area contributed by atoms with Crippen LogP contribution >= 0.6 is 0 Å². The number of nitrogens with one attached hydrogen (secondary N) is 1. The van der Waals surface area contributed by atoms with Crippen molar-refractivity contribution in [1.82, 2.24) is 15.1 Å². The molecule has 0 radical (unpaired) electrons. The Labute approximate surface area is 96.0 Å². The first-order valence-electron chi connectivity index (χ1n) is 5.99. The molecule has 4 nitrogen and oxygen atoms in total. The summed E-state index contributed by atoms with van der Waals surface area (Å²) in [6.45, 7) is 4.27. The largest absolute Gasteiger partial charge is 0.352 e. The summed E-state index contributed by atoms with van der Waals surface area (Å²) >= 11 is 0. The molecule has 16 heavy (non-hydrogen) atoms. The summed E-state index contributed by atoms with van der Waals surface area (Å²) in [5.74, 6) is 0.0369. The van der Waals surface area contributed by atoms with Gasteiger partial charge in [0.05, 0.1) is 5.69 Å². The van der Waals surface area contributed by atoms with E-state index in [4.69, 9.17) is 0 Å².